The number of rotatable bonds is 7. The number of carbonyl (C=O) groups is 2. The number of carbonyl (C=O) groups excluding carboxylic acids is 2. The van der Waals surface area contributed by atoms with Crippen molar-refractivity contribution in [2.75, 3.05) is 20.2 Å². The van der Waals surface area contributed by atoms with Crippen LogP contribution in [0.2, 0.25) is 0 Å². The van der Waals surface area contributed by atoms with Gasteiger partial charge in [0.15, 0.2) is 0 Å². The van der Waals surface area contributed by atoms with Gasteiger partial charge in [-0.2, -0.15) is 0 Å². The predicted octanol–water partition coefficient (Wildman–Crippen LogP) is 1.14. The molecule has 0 radical (unpaired) electrons. The molecule has 0 aliphatic heterocycles. The van der Waals surface area contributed by atoms with Crippen molar-refractivity contribution in [1.82, 2.24) is 10.2 Å². The van der Waals surface area contributed by atoms with E-state index in [-0.39, 0.29) is 18.5 Å². The average Bonchev–Trinajstić information content (AvgIpc) is 2.44. The number of primary amides is 1. The molecule has 0 unspecified atom stereocenters. The van der Waals surface area contributed by atoms with E-state index in [2.05, 4.69) is 5.32 Å². The Morgan fingerprint density at radius 3 is 2.43 bits per heavy atom. The lowest BCUT2D eigenvalue weighted by atomic mass is 10.1. The molecule has 0 bridgehead atoms. The molecule has 1 aromatic rings. The summed E-state index contributed by atoms with van der Waals surface area (Å²) >= 11 is 0. The maximum absolute atomic E-state index is 11.6. The van der Waals surface area contributed by atoms with E-state index in [1.54, 1.807) is 7.11 Å². The van der Waals surface area contributed by atoms with Crippen LogP contribution in [0.1, 0.15) is 19.4 Å². The standard InChI is InChI=1S/C15H23N3O3/c1-4-18(10-14(19)17-15(16)20)11(2)9-12-5-7-13(21-3)8-6-12/h5-8,11H,4,9-10H2,1-3H3,(H3,16,17,19,20)/t11-/m1/s1. The molecule has 0 saturated heterocycles. The van der Waals surface area contributed by atoms with E-state index in [9.17, 15) is 9.59 Å². The number of benzene rings is 1. The Morgan fingerprint density at radius 2 is 1.95 bits per heavy atom. The summed E-state index contributed by atoms with van der Waals surface area (Å²) in [7, 11) is 1.63. The van der Waals surface area contributed by atoms with Gasteiger partial charge in [-0.3, -0.25) is 15.0 Å². The van der Waals surface area contributed by atoms with Gasteiger partial charge in [0, 0.05) is 6.04 Å². The van der Waals surface area contributed by atoms with Crippen LogP contribution in [0.5, 0.6) is 5.75 Å². The van der Waals surface area contributed by atoms with Crippen molar-refractivity contribution < 1.29 is 14.3 Å². The third kappa shape index (κ3) is 5.83. The number of imide groups is 1. The first-order valence-corrected chi connectivity index (χ1v) is 6.92. The van der Waals surface area contributed by atoms with Gasteiger partial charge in [0.2, 0.25) is 5.91 Å². The molecule has 0 aliphatic rings. The quantitative estimate of drug-likeness (QED) is 0.789. The lowest BCUT2D eigenvalue weighted by Gasteiger charge is -2.27. The van der Waals surface area contributed by atoms with E-state index in [1.807, 2.05) is 43.0 Å². The third-order valence-corrected chi connectivity index (χ3v) is 3.33. The highest BCUT2D eigenvalue weighted by atomic mass is 16.5. The molecular weight excluding hydrogens is 270 g/mol. The molecule has 0 saturated carbocycles. The van der Waals surface area contributed by atoms with Crippen LogP contribution in [0.3, 0.4) is 0 Å². The normalized spacial score (nSPS) is 12.0. The first kappa shape index (κ1) is 17.0. The summed E-state index contributed by atoms with van der Waals surface area (Å²) in [5.74, 6) is 0.436. The Kier molecular flexibility index (Phi) is 6.68. The molecule has 1 atom stereocenters. The molecule has 3 amide bonds. The van der Waals surface area contributed by atoms with Gasteiger partial charge in [0.05, 0.1) is 13.7 Å². The Hall–Kier alpha value is -2.08. The number of hydrogen-bond acceptors (Lipinski definition) is 4. The van der Waals surface area contributed by atoms with Crippen molar-refractivity contribution in [2.45, 2.75) is 26.3 Å². The Labute approximate surface area is 125 Å². The number of urea groups is 1. The largest absolute Gasteiger partial charge is 0.497 e. The smallest absolute Gasteiger partial charge is 0.318 e. The molecule has 21 heavy (non-hydrogen) atoms. The molecule has 0 heterocycles. The highest BCUT2D eigenvalue weighted by Gasteiger charge is 2.16. The minimum Gasteiger partial charge on any atom is -0.497 e. The average molecular weight is 293 g/mol. The van der Waals surface area contributed by atoms with E-state index >= 15 is 0 Å². The van der Waals surface area contributed by atoms with Crippen molar-refractivity contribution in [1.29, 1.82) is 0 Å². The number of nitrogens with two attached hydrogens (primary N) is 1. The SMILES string of the molecule is CCN(CC(=O)NC(N)=O)[C@H](C)Cc1ccc(OC)cc1. The Balaban J connectivity index is 2.59. The lowest BCUT2D eigenvalue weighted by molar-refractivity contribution is -0.121. The Bertz CT molecular complexity index is 474. The summed E-state index contributed by atoms with van der Waals surface area (Å²) in [6.45, 7) is 4.88. The van der Waals surface area contributed by atoms with Gasteiger partial charge in [0.25, 0.3) is 0 Å². The number of ether oxygens (including phenoxy) is 1. The first-order valence-electron chi connectivity index (χ1n) is 6.92. The number of nitrogens with zero attached hydrogens (tertiary/aromatic N) is 1. The molecule has 6 heteroatoms. The van der Waals surface area contributed by atoms with Crippen LogP contribution < -0.4 is 15.8 Å². The lowest BCUT2D eigenvalue weighted by Crippen LogP contribution is -2.45. The summed E-state index contributed by atoms with van der Waals surface area (Å²) in [6.07, 6.45) is 0.807. The topological polar surface area (TPSA) is 84.7 Å². The van der Waals surface area contributed by atoms with Crippen molar-refractivity contribution in [3.63, 3.8) is 0 Å². The van der Waals surface area contributed by atoms with Crippen molar-refractivity contribution in [2.24, 2.45) is 5.73 Å². The molecule has 0 aliphatic carbocycles. The highest BCUT2D eigenvalue weighted by Crippen LogP contribution is 2.14. The van der Waals surface area contributed by atoms with Crippen LogP contribution in [-0.2, 0) is 11.2 Å². The molecule has 1 aromatic carbocycles. The summed E-state index contributed by atoms with van der Waals surface area (Å²) in [5.41, 5.74) is 6.10. The zero-order chi connectivity index (χ0) is 15.8. The monoisotopic (exact) mass is 293 g/mol. The van der Waals surface area contributed by atoms with Crippen LogP contribution in [0, 0.1) is 0 Å². The van der Waals surface area contributed by atoms with Crippen LogP contribution in [0.4, 0.5) is 4.79 Å². The maximum Gasteiger partial charge on any atom is 0.318 e. The van der Waals surface area contributed by atoms with Gasteiger partial charge in [-0.25, -0.2) is 4.79 Å². The maximum atomic E-state index is 11.6. The van der Waals surface area contributed by atoms with E-state index in [1.165, 1.54) is 0 Å². The minimum absolute atomic E-state index is 0.150. The zero-order valence-corrected chi connectivity index (χ0v) is 12.8. The van der Waals surface area contributed by atoms with E-state index in [0.29, 0.717) is 6.54 Å². The molecule has 0 fully saturated rings. The summed E-state index contributed by atoms with van der Waals surface area (Å²) in [4.78, 5) is 24.2. The highest BCUT2D eigenvalue weighted by molar-refractivity contribution is 5.94. The second-order valence-electron chi connectivity index (χ2n) is 4.88. The van der Waals surface area contributed by atoms with Crippen molar-refractivity contribution in [3.05, 3.63) is 29.8 Å². The van der Waals surface area contributed by atoms with E-state index < -0.39 is 6.03 Å². The number of amides is 3. The molecule has 116 valence electrons. The van der Waals surface area contributed by atoms with Gasteiger partial charge in [-0.1, -0.05) is 19.1 Å². The van der Waals surface area contributed by atoms with Crippen LogP contribution in [0.15, 0.2) is 24.3 Å². The summed E-state index contributed by atoms with van der Waals surface area (Å²) < 4.78 is 5.13. The number of hydrogen-bond donors (Lipinski definition) is 2. The molecule has 1 rings (SSSR count). The van der Waals surface area contributed by atoms with Gasteiger partial charge in [0.1, 0.15) is 5.75 Å². The minimum atomic E-state index is -0.820. The molecule has 0 aromatic heterocycles. The molecular formula is C15H23N3O3. The Morgan fingerprint density at radius 1 is 1.33 bits per heavy atom. The van der Waals surface area contributed by atoms with Gasteiger partial charge < -0.3 is 10.5 Å². The van der Waals surface area contributed by atoms with Gasteiger partial charge in [-0.05, 0) is 37.6 Å². The van der Waals surface area contributed by atoms with Crippen molar-refractivity contribution in [3.8, 4) is 5.75 Å². The fourth-order valence-corrected chi connectivity index (χ4v) is 2.17. The number of likely N-dealkylation sites (N-methyl/N-ethyl adjacent to an activating group) is 1. The second kappa shape index (κ2) is 8.26. The number of nitrogens with one attached hydrogen (secondary N) is 1. The third-order valence-electron chi connectivity index (χ3n) is 3.33. The van der Waals surface area contributed by atoms with Crippen LogP contribution >= 0.6 is 0 Å². The zero-order valence-electron chi connectivity index (χ0n) is 12.8. The molecule has 0 spiro atoms. The van der Waals surface area contributed by atoms with Crippen LogP contribution in [-0.4, -0.2) is 43.1 Å². The fraction of sp³-hybridized carbons (Fsp3) is 0.467. The van der Waals surface area contributed by atoms with E-state index in [4.69, 9.17) is 10.5 Å². The first-order chi connectivity index (χ1) is 9.96. The molecule has 3 N–H and O–H groups in total. The van der Waals surface area contributed by atoms with Crippen LogP contribution in [0.25, 0.3) is 0 Å². The fourth-order valence-electron chi connectivity index (χ4n) is 2.17. The van der Waals surface area contributed by atoms with Gasteiger partial charge in [-0.15, -0.1) is 0 Å². The van der Waals surface area contributed by atoms with Gasteiger partial charge >= 0.3 is 6.03 Å². The second-order valence-corrected chi connectivity index (χ2v) is 4.88. The number of methoxy groups -OCH3 is 1. The van der Waals surface area contributed by atoms with Crippen molar-refractivity contribution >= 4 is 11.9 Å². The summed E-state index contributed by atoms with van der Waals surface area (Å²) in [6, 6.07) is 7.19. The predicted molar refractivity (Wildman–Crippen MR) is 81.1 cm³/mol. The molecule has 6 nitrogen and oxygen atoms in total. The van der Waals surface area contributed by atoms with E-state index in [0.717, 1.165) is 17.7 Å². The summed E-state index contributed by atoms with van der Waals surface area (Å²) in [5, 5.41) is 2.08.